The van der Waals surface area contributed by atoms with Crippen LogP contribution >= 0.6 is 0 Å². The Morgan fingerprint density at radius 2 is 1.58 bits per heavy atom. The molecule has 0 bridgehead atoms. The highest BCUT2D eigenvalue weighted by molar-refractivity contribution is 6.09. The van der Waals surface area contributed by atoms with E-state index >= 15 is 0 Å². The third kappa shape index (κ3) is 2.68. The molecule has 0 fully saturated rings. The van der Waals surface area contributed by atoms with Crippen LogP contribution in [0.25, 0.3) is 0 Å². The lowest BCUT2D eigenvalue weighted by atomic mass is 10.00. The van der Waals surface area contributed by atoms with Crippen molar-refractivity contribution in [3.63, 3.8) is 0 Å². The highest BCUT2D eigenvalue weighted by Crippen LogP contribution is 2.20. The predicted octanol–water partition coefficient (Wildman–Crippen LogP) is 3.44. The summed E-state index contributed by atoms with van der Waals surface area (Å²) in [4.78, 5) is 22.5. The molecule has 0 aromatic heterocycles. The monoisotopic (exact) mass is 255 g/mol. The highest BCUT2D eigenvalue weighted by Gasteiger charge is 2.14. The Labute approximate surface area is 110 Å². The van der Waals surface area contributed by atoms with E-state index < -0.39 is 4.92 Å². The van der Waals surface area contributed by atoms with Crippen LogP contribution in [0, 0.1) is 24.0 Å². The Balaban J connectivity index is 2.37. The fourth-order valence-electron chi connectivity index (χ4n) is 1.87. The average molecular weight is 255 g/mol. The summed E-state index contributed by atoms with van der Waals surface area (Å²) < 4.78 is 0. The van der Waals surface area contributed by atoms with E-state index in [0.29, 0.717) is 16.7 Å². The van der Waals surface area contributed by atoms with Gasteiger partial charge in [0, 0.05) is 22.8 Å². The molecule has 0 saturated carbocycles. The minimum absolute atomic E-state index is 0.0282. The zero-order valence-electron chi connectivity index (χ0n) is 10.7. The number of aryl methyl sites for hydroxylation is 2. The van der Waals surface area contributed by atoms with Crippen molar-refractivity contribution >= 4 is 11.5 Å². The zero-order chi connectivity index (χ0) is 14.0. The van der Waals surface area contributed by atoms with Gasteiger partial charge in [-0.05, 0) is 26.0 Å². The number of hydrogen-bond donors (Lipinski definition) is 0. The second-order valence-corrected chi connectivity index (χ2v) is 4.45. The van der Waals surface area contributed by atoms with E-state index in [4.69, 9.17) is 0 Å². The summed E-state index contributed by atoms with van der Waals surface area (Å²) >= 11 is 0. The standard InChI is InChI=1S/C15H13NO3/c1-10-3-5-12(6-4-10)15(17)13-7-8-14(16(18)19)11(2)9-13/h3-9H,1-2H3. The molecule has 0 saturated heterocycles. The van der Waals surface area contributed by atoms with Gasteiger partial charge in [-0.1, -0.05) is 29.8 Å². The van der Waals surface area contributed by atoms with Crippen molar-refractivity contribution in [2.24, 2.45) is 0 Å². The van der Waals surface area contributed by atoms with Gasteiger partial charge in [0.1, 0.15) is 0 Å². The van der Waals surface area contributed by atoms with Gasteiger partial charge in [0.2, 0.25) is 0 Å². The molecule has 0 radical (unpaired) electrons. The molecule has 19 heavy (non-hydrogen) atoms. The van der Waals surface area contributed by atoms with E-state index in [1.165, 1.54) is 12.1 Å². The second-order valence-electron chi connectivity index (χ2n) is 4.45. The average Bonchev–Trinajstić information content (AvgIpc) is 2.38. The molecule has 0 aliphatic rings. The molecule has 0 N–H and O–H groups in total. The van der Waals surface area contributed by atoms with Gasteiger partial charge >= 0.3 is 0 Å². The predicted molar refractivity (Wildman–Crippen MR) is 72.4 cm³/mol. The third-order valence-corrected chi connectivity index (χ3v) is 2.97. The van der Waals surface area contributed by atoms with Gasteiger partial charge in [-0.3, -0.25) is 14.9 Å². The van der Waals surface area contributed by atoms with Crippen molar-refractivity contribution in [3.05, 3.63) is 74.8 Å². The Kier molecular flexibility index (Phi) is 3.42. The van der Waals surface area contributed by atoms with Crippen LogP contribution in [-0.4, -0.2) is 10.7 Å². The maximum atomic E-state index is 12.2. The largest absolute Gasteiger partial charge is 0.289 e. The van der Waals surface area contributed by atoms with Gasteiger partial charge in [-0.2, -0.15) is 0 Å². The van der Waals surface area contributed by atoms with Gasteiger partial charge in [0.15, 0.2) is 5.78 Å². The van der Waals surface area contributed by atoms with E-state index in [-0.39, 0.29) is 11.5 Å². The summed E-state index contributed by atoms with van der Waals surface area (Å²) in [7, 11) is 0. The van der Waals surface area contributed by atoms with Crippen LogP contribution in [-0.2, 0) is 0 Å². The van der Waals surface area contributed by atoms with Gasteiger partial charge in [-0.25, -0.2) is 0 Å². The minimum Gasteiger partial charge on any atom is -0.289 e. The van der Waals surface area contributed by atoms with Crippen LogP contribution in [0.3, 0.4) is 0 Å². The van der Waals surface area contributed by atoms with E-state index in [2.05, 4.69) is 0 Å². The summed E-state index contributed by atoms with van der Waals surface area (Å²) in [6.45, 7) is 3.58. The van der Waals surface area contributed by atoms with Crippen LogP contribution in [0.5, 0.6) is 0 Å². The Hall–Kier alpha value is -2.49. The summed E-state index contributed by atoms with van der Waals surface area (Å²) in [5.41, 5.74) is 2.64. The molecule has 0 spiro atoms. The molecule has 0 unspecified atom stereocenters. The maximum absolute atomic E-state index is 12.2. The molecule has 2 aromatic carbocycles. The first-order valence-corrected chi connectivity index (χ1v) is 5.85. The number of carbonyl (C=O) groups excluding carboxylic acids is 1. The van der Waals surface area contributed by atoms with Crippen molar-refractivity contribution in [1.82, 2.24) is 0 Å². The molecular formula is C15H13NO3. The molecule has 4 heteroatoms. The van der Waals surface area contributed by atoms with Crippen molar-refractivity contribution < 1.29 is 9.72 Å². The number of nitro groups is 1. The number of rotatable bonds is 3. The Bertz CT molecular complexity index is 645. The first-order valence-electron chi connectivity index (χ1n) is 5.85. The lowest BCUT2D eigenvalue weighted by Crippen LogP contribution is -2.02. The molecule has 0 atom stereocenters. The van der Waals surface area contributed by atoms with Crippen molar-refractivity contribution in [1.29, 1.82) is 0 Å². The fraction of sp³-hybridized carbons (Fsp3) is 0.133. The van der Waals surface area contributed by atoms with E-state index in [1.54, 1.807) is 25.1 Å². The first-order chi connectivity index (χ1) is 8.99. The number of benzene rings is 2. The van der Waals surface area contributed by atoms with E-state index in [9.17, 15) is 14.9 Å². The molecule has 0 aliphatic carbocycles. The lowest BCUT2D eigenvalue weighted by molar-refractivity contribution is -0.385. The van der Waals surface area contributed by atoms with Crippen LogP contribution in [0.1, 0.15) is 27.0 Å². The third-order valence-electron chi connectivity index (χ3n) is 2.97. The van der Waals surface area contributed by atoms with Crippen LogP contribution < -0.4 is 0 Å². The van der Waals surface area contributed by atoms with Crippen molar-refractivity contribution in [3.8, 4) is 0 Å². The number of ketones is 1. The summed E-state index contributed by atoms with van der Waals surface area (Å²) in [5, 5.41) is 10.7. The van der Waals surface area contributed by atoms with Crippen molar-refractivity contribution in [2.45, 2.75) is 13.8 Å². The van der Waals surface area contributed by atoms with Gasteiger partial charge < -0.3 is 0 Å². The highest BCUT2D eigenvalue weighted by atomic mass is 16.6. The van der Waals surface area contributed by atoms with Gasteiger partial charge in [0.25, 0.3) is 5.69 Å². The SMILES string of the molecule is Cc1ccc(C(=O)c2ccc([N+](=O)[O-])c(C)c2)cc1. The minimum atomic E-state index is -0.449. The van der Waals surface area contributed by atoms with E-state index in [0.717, 1.165) is 5.56 Å². The smallest absolute Gasteiger partial charge is 0.272 e. The normalized spacial score (nSPS) is 10.2. The molecule has 96 valence electrons. The number of nitrogens with zero attached hydrogens (tertiary/aromatic N) is 1. The maximum Gasteiger partial charge on any atom is 0.272 e. The first kappa shape index (κ1) is 13.0. The van der Waals surface area contributed by atoms with Crippen LogP contribution in [0.15, 0.2) is 42.5 Å². The molecule has 2 aromatic rings. The molecule has 0 aliphatic heterocycles. The van der Waals surface area contributed by atoms with Crippen molar-refractivity contribution in [2.75, 3.05) is 0 Å². The van der Waals surface area contributed by atoms with Gasteiger partial charge in [-0.15, -0.1) is 0 Å². The molecule has 2 rings (SSSR count). The zero-order valence-corrected chi connectivity index (χ0v) is 10.7. The fourth-order valence-corrected chi connectivity index (χ4v) is 1.87. The number of carbonyl (C=O) groups is 1. The second kappa shape index (κ2) is 5.02. The summed E-state index contributed by atoms with van der Waals surface area (Å²) in [5.74, 6) is -0.127. The van der Waals surface area contributed by atoms with Crippen LogP contribution in [0.4, 0.5) is 5.69 Å². The number of nitro benzene ring substituents is 1. The summed E-state index contributed by atoms with van der Waals surface area (Å²) in [6, 6.07) is 11.7. The Morgan fingerprint density at radius 1 is 1.00 bits per heavy atom. The molecule has 0 heterocycles. The molecule has 0 amide bonds. The Morgan fingerprint density at radius 3 is 2.11 bits per heavy atom. The van der Waals surface area contributed by atoms with Crippen LogP contribution in [0.2, 0.25) is 0 Å². The quantitative estimate of drug-likeness (QED) is 0.479. The summed E-state index contributed by atoms with van der Waals surface area (Å²) in [6.07, 6.45) is 0. The van der Waals surface area contributed by atoms with Gasteiger partial charge in [0.05, 0.1) is 4.92 Å². The molecule has 4 nitrogen and oxygen atoms in total. The topological polar surface area (TPSA) is 60.2 Å². The number of hydrogen-bond acceptors (Lipinski definition) is 3. The molecular weight excluding hydrogens is 242 g/mol. The lowest BCUT2D eigenvalue weighted by Gasteiger charge is -2.03. The van der Waals surface area contributed by atoms with E-state index in [1.807, 2.05) is 19.1 Å².